The molecule has 0 unspecified atom stereocenters. The third-order valence-electron chi connectivity index (χ3n) is 1.99. The molecule has 3 heteroatoms. The van der Waals surface area contributed by atoms with E-state index in [1.165, 1.54) is 5.69 Å². The monoisotopic (exact) mass is 196 g/mol. The Morgan fingerprint density at radius 3 is 2.38 bits per heavy atom. The molecule has 0 saturated carbocycles. The van der Waals surface area contributed by atoms with Crippen LogP contribution in [-0.2, 0) is 0 Å². The first-order valence-corrected chi connectivity index (χ1v) is 4.83. The molecule has 1 rings (SSSR count). The zero-order chi connectivity index (χ0) is 10.0. The summed E-state index contributed by atoms with van der Waals surface area (Å²) in [6, 6.07) is 4.11. The second-order valence-corrected chi connectivity index (χ2v) is 4.15. The molecule has 0 aromatic carbocycles. The van der Waals surface area contributed by atoms with Crippen molar-refractivity contribution in [2.45, 2.75) is 19.8 Å². The number of aromatic amines is 1. The summed E-state index contributed by atoms with van der Waals surface area (Å²) in [7, 11) is 4.04. The van der Waals surface area contributed by atoms with Crippen molar-refractivity contribution in [3.63, 3.8) is 0 Å². The number of nitrogens with one attached hydrogen (secondary N) is 1. The number of pyridine rings is 1. The zero-order valence-electron chi connectivity index (χ0n) is 8.59. The van der Waals surface area contributed by atoms with Gasteiger partial charge >= 0.3 is 0 Å². The molecule has 0 aliphatic carbocycles. The fourth-order valence-electron chi connectivity index (χ4n) is 1.12. The Morgan fingerprint density at radius 2 is 1.92 bits per heavy atom. The van der Waals surface area contributed by atoms with Crippen molar-refractivity contribution >= 4 is 17.9 Å². The van der Waals surface area contributed by atoms with Crippen molar-refractivity contribution in [2.24, 2.45) is 0 Å². The standard InChI is InChI=1S/C10H16N2S/c1-7(2)9-5-8(12(3)4)6-10(13)11-9/h5-7H,1-4H3,(H,11,13). The van der Waals surface area contributed by atoms with Gasteiger partial charge in [-0.05, 0) is 18.1 Å². The van der Waals surface area contributed by atoms with Gasteiger partial charge in [-0.1, -0.05) is 26.1 Å². The van der Waals surface area contributed by atoms with Gasteiger partial charge in [0, 0.05) is 25.5 Å². The van der Waals surface area contributed by atoms with E-state index in [1.807, 2.05) is 20.2 Å². The van der Waals surface area contributed by atoms with Crippen LogP contribution in [0.1, 0.15) is 25.5 Å². The molecule has 0 spiro atoms. The smallest absolute Gasteiger partial charge is 0.105 e. The van der Waals surface area contributed by atoms with Crippen molar-refractivity contribution in [1.29, 1.82) is 0 Å². The maximum absolute atomic E-state index is 5.14. The summed E-state index contributed by atoms with van der Waals surface area (Å²) in [6.45, 7) is 4.31. The van der Waals surface area contributed by atoms with E-state index in [1.54, 1.807) is 0 Å². The van der Waals surface area contributed by atoms with Crippen molar-refractivity contribution in [1.82, 2.24) is 4.98 Å². The van der Waals surface area contributed by atoms with E-state index < -0.39 is 0 Å². The molecular weight excluding hydrogens is 180 g/mol. The maximum atomic E-state index is 5.14. The Balaban J connectivity index is 3.19. The van der Waals surface area contributed by atoms with Gasteiger partial charge in [0.25, 0.3) is 0 Å². The largest absolute Gasteiger partial charge is 0.378 e. The lowest BCUT2D eigenvalue weighted by molar-refractivity contribution is 0.819. The van der Waals surface area contributed by atoms with Gasteiger partial charge in [0.2, 0.25) is 0 Å². The first kappa shape index (κ1) is 10.3. The summed E-state index contributed by atoms with van der Waals surface area (Å²) in [5, 5.41) is 0. The van der Waals surface area contributed by atoms with Crippen LogP contribution in [0.4, 0.5) is 5.69 Å². The topological polar surface area (TPSA) is 19.0 Å². The zero-order valence-corrected chi connectivity index (χ0v) is 9.40. The van der Waals surface area contributed by atoms with E-state index in [2.05, 4.69) is 29.8 Å². The van der Waals surface area contributed by atoms with Gasteiger partial charge in [-0.15, -0.1) is 0 Å². The van der Waals surface area contributed by atoms with E-state index in [0.29, 0.717) is 5.92 Å². The van der Waals surface area contributed by atoms with E-state index in [-0.39, 0.29) is 0 Å². The number of nitrogens with zero attached hydrogens (tertiary/aromatic N) is 1. The third kappa shape index (κ3) is 2.56. The highest BCUT2D eigenvalue weighted by Gasteiger charge is 2.02. The minimum atomic E-state index is 0.488. The maximum Gasteiger partial charge on any atom is 0.105 e. The molecule has 0 atom stereocenters. The molecule has 0 bridgehead atoms. The number of rotatable bonds is 2. The van der Waals surface area contributed by atoms with E-state index >= 15 is 0 Å². The normalized spacial score (nSPS) is 10.5. The van der Waals surface area contributed by atoms with Crippen molar-refractivity contribution in [3.8, 4) is 0 Å². The highest BCUT2D eigenvalue weighted by molar-refractivity contribution is 7.71. The van der Waals surface area contributed by atoms with Crippen LogP contribution in [0.5, 0.6) is 0 Å². The molecule has 0 radical (unpaired) electrons. The summed E-state index contributed by atoms with van der Waals surface area (Å²) in [5.41, 5.74) is 2.35. The van der Waals surface area contributed by atoms with Gasteiger partial charge in [0.1, 0.15) is 4.64 Å². The Kier molecular flexibility index (Phi) is 3.09. The van der Waals surface area contributed by atoms with Crippen LogP contribution in [0.2, 0.25) is 0 Å². The molecule has 1 aromatic heterocycles. The van der Waals surface area contributed by atoms with Gasteiger partial charge in [-0.25, -0.2) is 0 Å². The SMILES string of the molecule is CC(C)c1cc(N(C)C)cc(=S)[nH]1. The average molecular weight is 196 g/mol. The molecule has 0 amide bonds. The Hall–Kier alpha value is -0.830. The van der Waals surface area contributed by atoms with Gasteiger partial charge in [0.05, 0.1) is 0 Å². The lowest BCUT2D eigenvalue weighted by Gasteiger charge is -2.15. The van der Waals surface area contributed by atoms with Crippen LogP contribution in [0.3, 0.4) is 0 Å². The molecule has 2 nitrogen and oxygen atoms in total. The van der Waals surface area contributed by atoms with Crippen molar-refractivity contribution in [2.75, 3.05) is 19.0 Å². The second kappa shape index (κ2) is 3.92. The summed E-state index contributed by atoms with van der Waals surface area (Å²) < 4.78 is 0.801. The van der Waals surface area contributed by atoms with Crippen molar-refractivity contribution < 1.29 is 0 Å². The summed E-state index contributed by atoms with van der Waals surface area (Å²) in [4.78, 5) is 5.26. The molecule has 13 heavy (non-hydrogen) atoms. The first-order valence-electron chi connectivity index (χ1n) is 4.42. The van der Waals surface area contributed by atoms with Gasteiger partial charge in [-0.2, -0.15) is 0 Å². The minimum absolute atomic E-state index is 0.488. The molecule has 0 aliphatic rings. The predicted molar refractivity (Wildman–Crippen MR) is 60.0 cm³/mol. The molecule has 0 aliphatic heterocycles. The fourth-order valence-corrected chi connectivity index (χ4v) is 1.36. The van der Waals surface area contributed by atoms with Gasteiger partial charge < -0.3 is 9.88 Å². The second-order valence-electron chi connectivity index (χ2n) is 3.71. The molecule has 1 aromatic rings. The Bertz CT molecular complexity index is 310. The van der Waals surface area contributed by atoms with Crippen LogP contribution in [0.15, 0.2) is 12.1 Å². The van der Waals surface area contributed by atoms with Gasteiger partial charge in [-0.3, -0.25) is 0 Å². The number of anilines is 1. The Morgan fingerprint density at radius 1 is 1.31 bits per heavy atom. The summed E-state index contributed by atoms with van der Waals surface area (Å²) >= 11 is 5.14. The Labute approximate surface area is 84.6 Å². The quantitative estimate of drug-likeness (QED) is 0.733. The number of hydrogen-bond donors (Lipinski definition) is 1. The van der Waals surface area contributed by atoms with E-state index in [9.17, 15) is 0 Å². The predicted octanol–water partition coefficient (Wildman–Crippen LogP) is 2.93. The van der Waals surface area contributed by atoms with Crippen LogP contribution >= 0.6 is 12.2 Å². The first-order chi connectivity index (χ1) is 6.00. The van der Waals surface area contributed by atoms with Crippen LogP contribution in [0, 0.1) is 4.64 Å². The van der Waals surface area contributed by atoms with Crippen LogP contribution in [0.25, 0.3) is 0 Å². The lowest BCUT2D eigenvalue weighted by atomic mass is 10.1. The summed E-state index contributed by atoms with van der Waals surface area (Å²) in [5.74, 6) is 0.488. The van der Waals surface area contributed by atoms with Crippen molar-refractivity contribution in [3.05, 3.63) is 22.5 Å². The average Bonchev–Trinajstić information content (AvgIpc) is 2.03. The fraction of sp³-hybridized carbons (Fsp3) is 0.500. The lowest BCUT2D eigenvalue weighted by Crippen LogP contribution is -2.09. The highest BCUT2D eigenvalue weighted by Crippen LogP contribution is 2.18. The number of hydrogen-bond acceptors (Lipinski definition) is 2. The van der Waals surface area contributed by atoms with E-state index in [4.69, 9.17) is 12.2 Å². The molecule has 1 N–H and O–H groups in total. The summed E-state index contributed by atoms with van der Waals surface area (Å²) in [6.07, 6.45) is 0. The number of H-pyrrole nitrogens is 1. The highest BCUT2D eigenvalue weighted by atomic mass is 32.1. The van der Waals surface area contributed by atoms with E-state index in [0.717, 1.165) is 10.3 Å². The molecule has 72 valence electrons. The minimum Gasteiger partial charge on any atom is -0.378 e. The molecular formula is C10H16N2S. The molecule has 0 fully saturated rings. The van der Waals surface area contributed by atoms with Gasteiger partial charge in [0.15, 0.2) is 0 Å². The molecule has 1 heterocycles. The third-order valence-corrected chi connectivity index (χ3v) is 2.21. The van der Waals surface area contributed by atoms with Crippen LogP contribution < -0.4 is 4.90 Å². The number of aromatic nitrogens is 1. The molecule has 0 saturated heterocycles. The van der Waals surface area contributed by atoms with Crippen LogP contribution in [-0.4, -0.2) is 19.1 Å².